The second-order valence-corrected chi connectivity index (χ2v) is 11.4. The summed E-state index contributed by atoms with van der Waals surface area (Å²) in [6.07, 6.45) is 1.56. The molecule has 2 fully saturated rings. The number of carbonyl (C=O) groups excluding carboxylic acids is 2. The van der Waals surface area contributed by atoms with Crippen molar-refractivity contribution in [3.05, 3.63) is 83.6 Å². The number of halogens is 1. The monoisotopic (exact) mass is 537 g/mol. The van der Waals surface area contributed by atoms with E-state index < -0.39 is 22.0 Å². The standard InChI is InChI=1S/C27H24FN3O4S2/c1-29-15-20(22-5-4-12-35-22)27(26(29)19-13-17(28)8-11-21(19)30(2)23(26)32)24(33)31(25(36)37-27)14-16-6-9-18(34-3)10-7-16/h4-13,20H,14-15H2,1-3H3/t20-,26+,27-/m1/s1. The first kappa shape index (κ1) is 24.1. The first-order valence-electron chi connectivity index (χ1n) is 11.8. The minimum Gasteiger partial charge on any atom is -0.497 e. The zero-order valence-corrected chi connectivity index (χ0v) is 22.1. The minimum absolute atomic E-state index is 0.237. The lowest BCUT2D eigenvalue weighted by atomic mass is 9.73. The van der Waals surface area contributed by atoms with E-state index in [1.807, 2.05) is 35.2 Å². The van der Waals surface area contributed by atoms with Gasteiger partial charge in [0.05, 0.1) is 25.8 Å². The molecule has 3 aliphatic rings. The van der Waals surface area contributed by atoms with E-state index in [4.69, 9.17) is 21.4 Å². The fourth-order valence-electron chi connectivity index (χ4n) is 6.16. The molecule has 0 unspecified atom stereocenters. The number of likely N-dealkylation sites (N-methyl/N-ethyl adjacent to an activating group) is 2. The molecular weight excluding hydrogens is 513 g/mol. The molecule has 0 saturated carbocycles. The number of anilines is 1. The second kappa shape index (κ2) is 8.41. The van der Waals surface area contributed by atoms with Crippen LogP contribution < -0.4 is 9.64 Å². The highest BCUT2D eigenvalue weighted by atomic mass is 32.2. The van der Waals surface area contributed by atoms with Gasteiger partial charge in [0.2, 0.25) is 5.91 Å². The number of rotatable bonds is 4. The van der Waals surface area contributed by atoms with Crippen LogP contribution in [0.1, 0.15) is 22.8 Å². The van der Waals surface area contributed by atoms with Crippen LogP contribution in [0.2, 0.25) is 0 Å². The number of furan rings is 1. The molecule has 7 nitrogen and oxygen atoms in total. The van der Waals surface area contributed by atoms with Crippen molar-refractivity contribution in [2.24, 2.45) is 0 Å². The summed E-state index contributed by atoms with van der Waals surface area (Å²) >= 11 is 7.01. The number of methoxy groups -OCH3 is 1. The van der Waals surface area contributed by atoms with Crippen LogP contribution in [0.15, 0.2) is 65.3 Å². The molecule has 3 aliphatic heterocycles. The van der Waals surface area contributed by atoms with Crippen molar-refractivity contribution in [1.29, 1.82) is 0 Å². The number of fused-ring (bicyclic) bond motifs is 3. The van der Waals surface area contributed by atoms with Crippen LogP contribution in [0.3, 0.4) is 0 Å². The molecule has 0 bridgehead atoms. The van der Waals surface area contributed by atoms with Crippen molar-refractivity contribution in [2.75, 3.05) is 32.6 Å². The van der Waals surface area contributed by atoms with E-state index in [1.54, 1.807) is 44.5 Å². The second-order valence-electron chi connectivity index (χ2n) is 9.53. The number of thioether (sulfide) groups is 1. The van der Waals surface area contributed by atoms with Crippen molar-refractivity contribution >= 4 is 45.8 Å². The third-order valence-electron chi connectivity index (χ3n) is 7.80. The molecule has 190 valence electrons. The predicted octanol–water partition coefficient (Wildman–Crippen LogP) is 4.13. The maximum absolute atomic E-state index is 14.7. The van der Waals surface area contributed by atoms with E-state index in [-0.39, 0.29) is 18.4 Å². The minimum atomic E-state index is -1.48. The molecule has 2 saturated heterocycles. The zero-order valence-electron chi connectivity index (χ0n) is 20.4. The molecule has 4 heterocycles. The Hall–Kier alpha value is -3.21. The summed E-state index contributed by atoms with van der Waals surface area (Å²) < 4.78 is 24.8. The van der Waals surface area contributed by atoms with Gasteiger partial charge in [-0.3, -0.25) is 19.4 Å². The summed E-state index contributed by atoms with van der Waals surface area (Å²) in [6.45, 7) is 0.585. The third-order valence-corrected chi connectivity index (χ3v) is 9.74. The molecule has 0 aliphatic carbocycles. The first-order valence-corrected chi connectivity index (χ1v) is 13.0. The van der Waals surface area contributed by atoms with Crippen LogP contribution >= 0.6 is 24.0 Å². The van der Waals surface area contributed by atoms with Crippen LogP contribution in [0.4, 0.5) is 10.1 Å². The van der Waals surface area contributed by atoms with Crippen LogP contribution in [0.25, 0.3) is 0 Å². The Bertz CT molecular complexity index is 1430. The Morgan fingerprint density at radius 2 is 1.89 bits per heavy atom. The van der Waals surface area contributed by atoms with Gasteiger partial charge in [0.15, 0.2) is 5.54 Å². The molecule has 1 aromatic heterocycles. The van der Waals surface area contributed by atoms with Crippen molar-refractivity contribution in [3.8, 4) is 5.75 Å². The molecule has 2 aromatic carbocycles. The average molecular weight is 538 g/mol. The van der Waals surface area contributed by atoms with Gasteiger partial charge in [-0.25, -0.2) is 4.39 Å². The average Bonchev–Trinajstić information content (AvgIpc) is 3.61. The number of likely N-dealkylation sites (tertiary alicyclic amines) is 1. The molecule has 2 amide bonds. The topological polar surface area (TPSA) is 66.2 Å². The van der Waals surface area contributed by atoms with Gasteiger partial charge in [-0.1, -0.05) is 36.1 Å². The van der Waals surface area contributed by atoms with Gasteiger partial charge in [-0.15, -0.1) is 0 Å². The van der Waals surface area contributed by atoms with Gasteiger partial charge in [0.1, 0.15) is 26.4 Å². The number of hydrogen-bond donors (Lipinski definition) is 0. The van der Waals surface area contributed by atoms with Crippen LogP contribution in [0, 0.1) is 5.82 Å². The molecule has 10 heteroatoms. The number of amides is 2. The fourth-order valence-corrected chi connectivity index (χ4v) is 8.27. The number of ether oxygens (including phenoxy) is 1. The summed E-state index contributed by atoms with van der Waals surface area (Å²) in [6, 6.07) is 15.3. The molecule has 0 N–H and O–H groups in total. The number of nitrogens with zero attached hydrogens (tertiary/aromatic N) is 3. The van der Waals surface area contributed by atoms with Crippen molar-refractivity contribution in [2.45, 2.75) is 22.7 Å². The quantitative estimate of drug-likeness (QED) is 0.464. The Morgan fingerprint density at radius 1 is 1.14 bits per heavy atom. The Morgan fingerprint density at radius 3 is 2.57 bits per heavy atom. The van der Waals surface area contributed by atoms with Gasteiger partial charge < -0.3 is 14.1 Å². The normalized spacial score (nSPS) is 27.2. The highest BCUT2D eigenvalue weighted by Gasteiger charge is 2.79. The molecular formula is C27H24FN3O4S2. The number of thiocarbonyl (C=S) groups is 1. The summed E-state index contributed by atoms with van der Waals surface area (Å²) in [7, 11) is 5.06. The molecule has 2 spiro atoms. The van der Waals surface area contributed by atoms with E-state index in [9.17, 15) is 14.0 Å². The lowest BCUT2D eigenvalue weighted by Gasteiger charge is -2.41. The molecule has 3 atom stereocenters. The molecule has 3 aromatic rings. The van der Waals surface area contributed by atoms with Gasteiger partial charge in [0, 0.05) is 24.8 Å². The van der Waals surface area contributed by atoms with E-state index in [0.29, 0.717) is 33.6 Å². The van der Waals surface area contributed by atoms with Gasteiger partial charge in [0.25, 0.3) is 5.91 Å². The van der Waals surface area contributed by atoms with E-state index in [1.165, 1.54) is 28.8 Å². The highest BCUT2D eigenvalue weighted by molar-refractivity contribution is 8.25. The fraction of sp³-hybridized carbons (Fsp3) is 0.296. The van der Waals surface area contributed by atoms with Crippen molar-refractivity contribution in [3.63, 3.8) is 0 Å². The summed E-state index contributed by atoms with van der Waals surface area (Å²) in [5.74, 6) is -0.270. The van der Waals surface area contributed by atoms with Crippen LogP contribution in [0.5, 0.6) is 5.75 Å². The lowest BCUT2D eigenvalue weighted by Crippen LogP contribution is -2.62. The largest absolute Gasteiger partial charge is 0.497 e. The van der Waals surface area contributed by atoms with Crippen molar-refractivity contribution in [1.82, 2.24) is 9.80 Å². The highest BCUT2D eigenvalue weighted by Crippen LogP contribution is 2.66. The zero-order chi connectivity index (χ0) is 26.1. The molecule has 37 heavy (non-hydrogen) atoms. The SMILES string of the molecule is COc1ccc(CN2C(=O)[C@]3(SC2=S)[C@@H](c2ccco2)CN(C)[C@@]32C(=O)N(C)c3ccc(F)cc32)cc1. The molecule has 0 radical (unpaired) electrons. The van der Waals surface area contributed by atoms with E-state index >= 15 is 0 Å². The first-order chi connectivity index (χ1) is 17.8. The van der Waals surface area contributed by atoms with Crippen LogP contribution in [-0.2, 0) is 21.7 Å². The van der Waals surface area contributed by atoms with E-state index in [2.05, 4.69) is 0 Å². The number of carbonyl (C=O) groups is 2. The summed E-state index contributed by atoms with van der Waals surface area (Å²) in [5, 5.41) is 0. The van der Waals surface area contributed by atoms with E-state index in [0.717, 1.165) is 5.56 Å². The smallest absolute Gasteiger partial charge is 0.254 e. The predicted molar refractivity (Wildman–Crippen MR) is 142 cm³/mol. The summed E-state index contributed by atoms with van der Waals surface area (Å²) in [5.41, 5.74) is 0.430. The van der Waals surface area contributed by atoms with Gasteiger partial charge in [-0.05, 0) is 55.1 Å². The lowest BCUT2D eigenvalue weighted by molar-refractivity contribution is -0.139. The maximum atomic E-state index is 14.7. The molecule has 6 rings (SSSR count). The summed E-state index contributed by atoms with van der Waals surface area (Å²) in [4.78, 5) is 33.9. The van der Waals surface area contributed by atoms with Crippen LogP contribution in [-0.4, -0.2) is 58.4 Å². The third kappa shape index (κ3) is 3.06. The Labute approximate surface area is 223 Å². The van der Waals surface area contributed by atoms with Gasteiger partial charge >= 0.3 is 0 Å². The Kier molecular flexibility index (Phi) is 5.48. The Balaban J connectivity index is 1.55. The van der Waals surface area contributed by atoms with Gasteiger partial charge in [-0.2, -0.15) is 0 Å². The maximum Gasteiger partial charge on any atom is 0.254 e. The van der Waals surface area contributed by atoms with Crippen molar-refractivity contribution < 1.29 is 23.1 Å². The number of benzene rings is 2. The number of hydrogen-bond acceptors (Lipinski definition) is 7.